The van der Waals surface area contributed by atoms with Gasteiger partial charge in [-0.1, -0.05) is 51.1 Å². The Kier molecular flexibility index (Phi) is 20.8. The van der Waals surface area contributed by atoms with Gasteiger partial charge in [-0.3, -0.25) is 33.6 Å². The number of aliphatic hydroxyl groups is 1. The van der Waals surface area contributed by atoms with Crippen LogP contribution in [0.1, 0.15) is 96.4 Å². The minimum absolute atomic E-state index is 0.0657. The highest BCUT2D eigenvalue weighted by Crippen LogP contribution is 2.41. The topological polar surface area (TPSA) is 297 Å². The van der Waals surface area contributed by atoms with Crippen LogP contribution in [0.4, 0.5) is 8.78 Å². The molecule has 364 valence electrons. The van der Waals surface area contributed by atoms with Crippen molar-refractivity contribution in [3.63, 3.8) is 0 Å². The maximum absolute atomic E-state index is 15.3. The maximum atomic E-state index is 15.3. The Balaban J connectivity index is 2.05. The highest BCUT2D eigenvalue weighted by atomic mass is 19.1. The number of nitrogens with one attached hydrogen (secondary N) is 4. The number of carboxylic acids is 2. The van der Waals surface area contributed by atoms with Crippen molar-refractivity contribution < 1.29 is 67.3 Å². The molecule has 0 bridgehead atoms. The van der Waals surface area contributed by atoms with Crippen molar-refractivity contribution in [3.05, 3.63) is 83.7 Å². The molecule has 0 saturated heterocycles. The molecule has 0 saturated carbocycles. The Hall–Kier alpha value is -7.03. The molecule has 0 aliphatic rings. The summed E-state index contributed by atoms with van der Waals surface area (Å²) < 4.78 is 31.5. The predicted octanol–water partition coefficient (Wildman–Crippen LogP) is 2.32. The van der Waals surface area contributed by atoms with E-state index >= 15 is 4.39 Å². The summed E-state index contributed by atoms with van der Waals surface area (Å²) in [5, 5.41) is 38.3. The first-order valence-electron chi connectivity index (χ1n) is 21.5. The summed E-state index contributed by atoms with van der Waals surface area (Å²) in [5.41, 5.74) is 5.94. The van der Waals surface area contributed by atoms with Crippen LogP contribution >= 0.6 is 0 Å². The molecule has 0 aliphatic heterocycles. The quantitative estimate of drug-likeness (QED) is 0.0547. The fraction of sp³-hybridized carbons (Fsp3) is 0.457. The molecule has 0 fully saturated rings. The first kappa shape index (κ1) is 54.3. The van der Waals surface area contributed by atoms with Crippen LogP contribution in [0.25, 0.3) is 11.1 Å². The van der Waals surface area contributed by atoms with Crippen LogP contribution in [-0.2, 0) is 49.7 Å². The van der Waals surface area contributed by atoms with Crippen molar-refractivity contribution in [2.45, 2.75) is 110 Å². The maximum Gasteiger partial charge on any atom is 0.326 e. The van der Waals surface area contributed by atoms with E-state index in [2.05, 4.69) is 21.3 Å². The SMILES string of the molecule is CC(=O)CCCC(=O)N[C@@H](CC(N)=O)C(=O)N[C@@H](CCN(C(=O)CO)[C@@H](c1cc(-c2cc(F)ccc2F)cn1Cc1ccccc1)C(C)(C)C)C(=O)NCCC(=O)N[C@H](CCC(=O)O)C(=O)O. The molecule has 0 spiro atoms. The summed E-state index contributed by atoms with van der Waals surface area (Å²) in [4.78, 5) is 115. The van der Waals surface area contributed by atoms with Crippen molar-refractivity contribution in [2.75, 3.05) is 19.7 Å². The number of hydrogen-bond acceptors (Lipinski definition) is 10. The van der Waals surface area contributed by atoms with Crippen molar-refractivity contribution in [2.24, 2.45) is 11.1 Å². The first-order chi connectivity index (χ1) is 31.5. The van der Waals surface area contributed by atoms with Gasteiger partial charge in [0.15, 0.2) is 0 Å². The molecule has 1 heterocycles. The average molecular weight is 940 g/mol. The standard InChI is InChI=1S/C46H59F2N7O12/c1-27(57)9-8-12-38(59)52-35(23-37(49)58)44(65)53-33(43(64)50-19-17-39(60)51-34(45(66)67)15-16-41(62)63)18-20-55(40(61)26-56)42(46(2,3)4)36-21-29(31-22-30(47)13-14-32(31)48)25-54(36)24-28-10-6-5-7-11-28/h5-7,10-11,13-14,21-22,25,33-35,42,56H,8-9,12,15-20,23-24,26H2,1-4H3,(H2,49,58)(H,50,64)(H,51,60)(H,52,59)(H,53,65)(H,62,63)(H,66,67)/t33-,34+,35-,42-/m0/s1. The van der Waals surface area contributed by atoms with Gasteiger partial charge in [0.25, 0.3) is 0 Å². The van der Waals surface area contributed by atoms with E-state index in [4.69, 9.17) is 10.8 Å². The van der Waals surface area contributed by atoms with Crippen LogP contribution in [0.15, 0.2) is 60.8 Å². The van der Waals surface area contributed by atoms with Crippen LogP contribution in [0.5, 0.6) is 0 Å². The zero-order valence-electron chi connectivity index (χ0n) is 37.8. The summed E-state index contributed by atoms with van der Waals surface area (Å²) in [7, 11) is 0. The predicted molar refractivity (Wildman–Crippen MR) is 237 cm³/mol. The Bertz CT molecular complexity index is 2260. The summed E-state index contributed by atoms with van der Waals surface area (Å²) in [6, 6.07) is 7.98. The summed E-state index contributed by atoms with van der Waals surface area (Å²) in [6.45, 7) is 5.08. The number of aromatic nitrogens is 1. The number of aliphatic hydroxyl groups excluding tert-OH is 1. The molecule has 3 aromatic rings. The highest BCUT2D eigenvalue weighted by molar-refractivity contribution is 5.95. The number of carbonyl (C=O) groups excluding carboxylic acids is 7. The smallest absolute Gasteiger partial charge is 0.326 e. The molecule has 19 nitrogen and oxygen atoms in total. The number of halogens is 2. The second-order valence-electron chi connectivity index (χ2n) is 17.0. The molecule has 4 atom stereocenters. The van der Waals surface area contributed by atoms with Crippen LogP contribution in [-0.4, -0.2) is 116 Å². The molecule has 67 heavy (non-hydrogen) atoms. The third-order valence-electron chi connectivity index (χ3n) is 10.4. The molecule has 2 aromatic carbocycles. The Labute approximate surface area is 385 Å². The number of amides is 6. The minimum atomic E-state index is -1.61. The number of primary amides is 1. The van der Waals surface area contributed by atoms with E-state index in [-0.39, 0.29) is 49.3 Å². The monoisotopic (exact) mass is 939 g/mol. The number of carboxylic acid groups (broad SMARTS) is 2. The van der Waals surface area contributed by atoms with Gasteiger partial charge in [-0.25, -0.2) is 13.6 Å². The fourth-order valence-electron chi connectivity index (χ4n) is 7.30. The van der Waals surface area contributed by atoms with Gasteiger partial charge in [-0.05, 0) is 61.4 Å². The molecule has 21 heteroatoms. The van der Waals surface area contributed by atoms with Crippen molar-refractivity contribution in [1.29, 1.82) is 0 Å². The molecule has 3 rings (SSSR count). The Morgan fingerprint density at radius 2 is 1.45 bits per heavy atom. The van der Waals surface area contributed by atoms with Gasteiger partial charge in [0.1, 0.15) is 42.2 Å². The molecule has 9 N–H and O–H groups in total. The molecule has 1 aromatic heterocycles. The number of carbonyl (C=O) groups is 9. The molecule has 0 radical (unpaired) electrons. The largest absolute Gasteiger partial charge is 0.481 e. The van der Waals surface area contributed by atoms with E-state index in [0.29, 0.717) is 5.69 Å². The molecule has 0 unspecified atom stereocenters. The number of Topliss-reactive ketones (excluding diaryl/α,β-unsaturated/α-hetero) is 1. The summed E-state index contributed by atoms with van der Waals surface area (Å²) in [6.07, 6.45) is -0.981. The lowest BCUT2D eigenvalue weighted by molar-refractivity contribution is -0.143. The van der Waals surface area contributed by atoms with E-state index < -0.39 is 134 Å². The van der Waals surface area contributed by atoms with Crippen molar-refractivity contribution in [3.8, 4) is 11.1 Å². The van der Waals surface area contributed by atoms with Gasteiger partial charge in [-0.2, -0.15) is 0 Å². The first-order valence-corrected chi connectivity index (χ1v) is 21.5. The number of nitrogens with two attached hydrogens (primary N) is 1. The molecular formula is C46H59F2N7O12. The lowest BCUT2D eigenvalue weighted by Crippen LogP contribution is -2.56. The van der Waals surface area contributed by atoms with Gasteiger partial charge >= 0.3 is 11.9 Å². The minimum Gasteiger partial charge on any atom is -0.481 e. The lowest BCUT2D eigenvalue weighted by atomic mass is 9.82. The van der Waals surface area contributed by atoms with E-state index in [1.54, 1.807) is 37.6 Å². The molecular weight excluding hydrogens is 881 g/mol. The van der Waals surface area contributed by atoms with Crippen LogP contribution in [0.3, 0.4) is 0 Å². The number of rotatable bonds is 27. The van der Waals surface area contributed by atoms with Gasteiger partial charge in [0.2, 0.25) is 35.4 Å². The van der Waals surface area contributed by atoms with E-state index in [9.17, 15) is 57.8 Å². The highest BCUT2D eigenvalue weighted by Gasteiger charge is 2.38. The zero-order valence-corrected chi connectivity index (χ0v) is 37.8. The van der Waals surface area contributed by atoms with Crippen LogP contribution < -0.4 is 27.0 Å². The number of aliphatic carboxylic acids is 2. The van der Waals surface area contributed by atoms with Crippen LogP contribution in [0.2, 0.25) is 0 Å². The van der Waals surface area contributed by atoms with Gasteiger partial charge < -0.3 is 56.6 Å². The van der Waals surface area contributed by atoms with E-state index in [0.717, 1.165) is 23.8 Å². The van der Waals surface area contributed by atoms with Gasteiger partial charge in [0.05, 0.1) is 12.5 Å². The van der Waals surface area contributed by atoms with Gasteiger partial charge in [0, 0.05) is 68.3 Å². The normalized spacial score (nSPS) is 13.0. The third-order valence-corrected chi connectivity index (χ3v) is 10.4. The van der Waals surface area contributed by atoms with E-state index in [1.807, 2.05) is 30.3 Å². The number of ketones is 1. The van der Waals surface area contributed by atoms with Crippen molar-refractivity contribution in [1.82, 2.24) is 30.7 Å². The van der Waals surface area contributed by atoms with Crippen molar-refractivity contribution >= 4 is 53.2 Å². The number of nitrogens with zero attached hydrogens (tertiary/aromatic N) is 2. The molecule has 6 amide bonds. The summed E-state index contributed by atoms with van der Waals surface area (Å²) in [5.74, 6) is -9.76. The second kappa shape index (κ2) is 25.6. The number of benzene rings is 2. The van der Waals surface area contributed by atoms with E-state index in [1.165, 1.54) is 11.8 Å². The Morgan fingerprint density at radius 1 is 0.791 bits per heavy atom. The third kappa shape index (κ3) is 17.7. The number of hydrogen-bond donors (Lipinski definition) is 8. The zero-order chi connectivity index (χ0) is 50.0. The summed E-state index contributed by atoms with van der Waals surface area (Å²) >= 11 is 0. The Morgan fingerprint density at radius 3 is 2.04 bits per heavy atom. The van der Waals surface area contributed by atoms with Crippen LogP contribution in [0, 0.1) is 17.0 Å². The molecule has 0 aliphatic carbocycles. The lowest BCUT2D eigenvalue weighted by Gasteiger charge is -2.41. The fourth-order valence-corrected chi connectivity index (χ4v) is 7.30. The average Bonchev–Trinajstić information content (AvgIpc) is 3.64. The second-order valence-corrected chi connectivity index (χ2v) is 17.0. The van der Waals surface area contributed by atoms with Gasteiger partial charge in [-0.15, -0.1) is 0 Å².